The lowest BCUT2D eigenvalue weighted by molar-refractivity contribution is -0.137. The van der Waals surface area contributed by atoms with Crippen LogP contribution in [-0.4, -0.2) is 49.4 Å². The number of likely N-dealkylation sites (tertiary alicyclic amines) is 1. The molecular formula is C22H33N3O2. The summed E-state index contributed by atoms with van der Waals surface area (Å²) in [6.45, 7) is 12.5. The summed E-state index contributed by atoms with van der Waals surface area (Å²) in [5.41, 5.74) is 4.41. The van der Waals surface area contributed by atoms with E-state index in [9.17, 15) is 9.59 Å². The van der Waals surface area contributed by atoms with Gasteiger partial charge in [0.25, 0.3) is 0 Å². The first kappa shape index (κ1) is 19.9. The summed E-state index contributed by atoms with van der Waals surface area (Å²) in [7, 11) is 0. The highest BCUT2D eigenvalue weighted by Crippen LogP contribution is 2.33. The summed E-state index contributed by atoms with van der Waals surface area (Å²) in [6, 6.07) is 4.22. The van der Waals surface area contributed by atoms with Gasteiger partial charge >= 0.3 is 0 Å². The Morgan fingerprint density at radius 3 is 2.37 bits per heavy atom. The number of nitrogens with one attached hydrogen (secondary N) is 1. The zero-order valence-electron chi connectivity index (χ0n) is 17.2. The summed E-state index contributed by atoms with van der Waals surface area (Å²) in [6.07, 6.45) is 2.45. The number of aryl methyl sites for hydroxylation is 3. The average Bonchev–Trinajstić information content (AvgIpc) is 3.00. The van der Waals surface area contributed by atoms with Crippen LogP contribution in [0.3, 0.4) is 0 Å². The van der Waals surface area contributed by atoms with Gasteiger partial charge in [-0.25, -0.2) is 0 Å². The number of carbonyl (C=O) groups excluding carboxylic acids is 2. The number of nitrogens with zero attached hydrogens (tertiary/aromatic N) is 2. The Balaban J connectivity index is 1.63. The van der Waals surface area contributed by atoms with Gasteiger partial charge in [-0.05, 0) is 63.7 Å². The number of carbonyl (C=O) groups is 2. The van der Waals surface area contributed by atoms with Crippen molar-refractivity contribution in [3.05, 3.63) is 28.8 Å². The number of hydrogen-bond donors (Lipinski definition) is 1. The first-order chi connectivity index (χ1) is 12.9. The largest absolute Gasteiger partial charge is 0.342 e. The molecule has 0 aliphatic carbocycles. The Hall–Kier alpha value is -1.88. The predicted octanol–water partition coefficient (Wildman–Crippen LogP) is 2.81. The van der Waals surface area contributed by atoms with E-state index in [2.05, 4.69) is 31.3 Å². The summed E-state index contributed by atoms with van der Waals surface area (Å²) in [4.78, 5) is 29.5. The van der Waals surface area contributed by atoms with Crippen molar-refractivity contribution in [2.45, 2.75) is 47.0 Å². The van der Waals surface area contributed by atoms with Crippen LogP contribution < -0.4 is 10.2 Å². The van der Waals surface area contributed by atoms with Gasteiger partial charge in [-0.1, -0.05) is 24.6 Å². The molecule has 0 spiro atoms. The quantitative estimate of drug-likeness (QED) is 0.866. The molecule has 0 radical (unpaired) electrons. The molecule has 2 aliphatic heterocycles. The number of piperidine rings is 1. The smallest absolute Gasteiger partial charge is 0.228 e. The van der Waals surface area contributed by atoms with Gasteiger partial charge < -0.3 is 15.1 Å². The lowest BCUT2D eigenvalue weighted by Crippen LogP contribution is -2.44. The highest BCUT2D eigenvalue weighted by atomic mass is 16.2. The van der Waals surface area contributed by atoms with Gasteiger partial charge in [0, 0.05) is 31.7 Å². The van der Waals surface area contributed by atoms with Crippen LogP contribution in [0.4, 0.5) is 5.69 Å². The van der Waals surface area contributed by atoms with Crippen molar-refractivity contribution in [3.63, 3.8) is 0 Å². The van der Waals surface area contributed by atoms with Gasteiger partial charge in [0.15, 0.2) is 0 Å². The van der Waals surface area contributed by atoms with Gasteiger partial charge in [-0.3, -0.25) is 9.59 Å². The number of benzene rings is 1. The molecule has 2 aliphatic rings. The molecule has 1 N–H and O–H groups in total. The fourth-order valence-electron chi connectivity index (χ4n) is 4.65. The lowest BCUT2D eigenvalue weighted by atomic mass is 9.95. The predicted molar refractivity (Wildman–Crippen MR) is 109 cm³/mol. The highest BCUT2D eigenvalue weighted by molar-refractivity contribution is 6.01. The molecule has 27 heavy (non-hydrogen) atoms. The van der Waals surface area contributed by atoms with Crippen molar-refractivity contribution < 1.29 is 9.59 Å². The van der Waals surface area contributed by atoms with Gasteiger partial charge in [0.1, 0.15) is 0 Å². The fraction of sp³-hybridized carbons (Fsp3) is 0.636. The first-order valence-corrected chi connectivity index (χ1v) is 10.3. The molecule has 5 heteroatoms. The Kier molecular flexibility index (Phi) is 6.20. The molecule has 2 amide bonds. The molecule has 1 aromatic carbocycles. The summed E-state index contributed by atoms with van der Waals surface area (Å²) in [5.74, 6) is 0.692. The lowest BCUT2D eigenvalue weighted by Gasteiger charge is -2.33. The minimum Gasteiger partial charge on any atom is -0.342 e. The van der Waals surface area contributed by atoms with Gasteiger partial charge in [0.05, 0.1) is 5.92 Å². The van der Waals surface area contributed by atoms with Crippen LogP contribution in [0.5, 0.6) is 0 Å². The maximum absolute atomic E-state index is 13.0. The zero-order valence-corrected chi connectivity index (χ0v) is 17.2. The molecule has 2 saturated heterocycles. The molecule has 1 aromatic rings. The molecule has 1 unspecified atom stereocenters. The van der Waals surface area contributed by atoms with E-state index in [1.54, 1.807) is 0 Å². The number of rotatable bonds is 5. The monoisotopic (exact) mass is 371 g/mol. The first-order valence-electron chi connectivity index (χ1n) is 10.3. The Morgan fingerprint density at radius 2 is 1.78 bits per heavy atom. The third kappa shape index (κ3) is 4.34. The van der Waals surface area contributed by atoms with Gasteiger partial charge in [0.2, 0.25) is 11.8 Å². The van der Waals surface area contributed by atoms with E-state index in [-0.39, 0.29) is 17.7 Å². The zero-order chi connectivity index (χ0) is 19.6. The van der Waals surface area contributed by atoms with Crippen molar-refractivity contribution in [1.82, 2.24) is 10.2 Å². The summed E-state index contributed by atoms with van der Waals surface area (Å²) >= 11 is 0. The maximum atomic E-state index is 13.0. The van der Waals surface area contributed by atoms with Crippen molar-refractivity contribution in [1.29, 1.82) is 0 Å². The number of hydrogen-bond acceptors (Lipinski definition) is 3. The molecule has 0 saturated carbocycles. The van der Waals surface area contributed by atoms with Crippen LogP contribution in [0.25, 0.3) is 0 Å². The standard InChI is InChI=1S/C22H33N3O2/c1-5-23-13-18-6-8-24(9-7-18)22(27)19-12-20(26)25(14-19)21-16(3)10-15(2)11-17(21)4/h10-11,18-19,23H,5-9,12-14H2,1-4H3. The van der Waals surface area contributed by atoms with E-state index in [1.807, 2.05) is 23.6 Å². The average molecular weight is 372 g/mol. The summed E-state index contributed by atoms with van der Waals surface area (Å²) in [5, 5.41) is 3.41. The van der Waals surface area contributed by atoms with Crippen LogP contribution >= 0.6 is 0 Å². The fourth-order valence-corrected chi connectivity index (χ4v) is 4.65. The second kappa shape index (κ2) is 8.42. The van der Waals surface area contributed by atoms with Crippen molar-refractivity contribution in [3.8, 4) is 0 Å². The molecule has 3 rings (SSSR count). The normalized spacial score (nSPS) is 21.2. The minimum atomic E-state index is -0.206. The number of amides is 2. The molecule has 5 nitrogen and oxygen atoms in total. The van der Waals surface area contributed by atoms with E-state index in [0.717, 1.165) is 55.8 Å². The van der Waals surface area contributed by atoms with Gasteiger partial charge in [-0.2, -0.15) is 0 Å². The van der Waals surface area contributed by atoms with Crippen molar-refractivity contribution in [2.24, 2.45) is 11.8 Å². The second-order valence-corrected chi connectivity index (χ2v) is 8.23. The molecule has 1 atom stereocenters. The second-order valence-electron chi connectivity index (χ2n) is 8.23. The SMILES string of the molecule is CCNCC1CCN(C(=O)C2CC(=O)N(c3c(C)cc(C)cc3C)C2)CC1. The number of anilines is 1. The van der Waals surface area contributed by atoms with Crippen molar-refractivity contribution >= 4 is 17.5 Å². The molecule has 2 heterocycles. The van der Waals surface area contributed by atoms with Crippen LogP contribution in [0, 0.1) is 32.6 Å². The van der Waals surface area contributed by atoms with E-state index in [0.29, 0.717) is 18.9 Å². The third-order valence-corrected chi connectivity index (χ3v) is 5.99. The Bertz CT molecular complexity index is 685. The molecule has 148 valence electrons. The van der Waals surface area contributed by atoms with Crippen LogP contribution in [0.1, 0.15) is 42.9 Å². The highest BCUT2D eigenvalue weighted by Gasteiger charge is 2.38. The molecule has 2 fully saturated rings. The molecule has 0 bridgehead atoms. The van der Waals surface area contributed by atoms with Gasteiger partial charge in [-0.15, -0.1) is 0 Å². The van der Waals surface area contributed by atoms with E-state index in [1.165, 1.54) is 5.56 Å². The third-order valence-electron chi connectivity index (χ3n) is 5.99. The topological polar surface area (TPSA) is 52.7 Å². The molecular weight excluding hydrogens is 338 g/mol. The van der Waals surface area contributed by atoms with E-state index < -0.39 is 0 Å². The Morgan fingerprint density at radius 1 is 1.15 bits per heavy atom. The van der Waals surface area contributed by atoms with Crippen LogP contribution in [0.15, 0.2) is 12.1 Å². The Labute approximate surface area is 163 Å². The summed E-state index contributed by atoms with van der Waals surface area (Å²) < 4.78 is 0. The van der Waals surface area contributed by atoms with Crippen molar-refractivity contribution in [2.75, 3.05) is 37.6 Å². The molecule has 0 aromatic heterocycles. The maximum Gasteiger partial charge on any atom is 0.228 e. The minimum absolute atomic E-state index is 0.0745. The van der Waals surface area contributed by atoms with Crippen LogP contribution in [0.2, 0.25) is 0 Å². The van der Waals surface area contributed by atoms with Crippen LogP contribution in [-0.2, 0) is 9.59 Å². The van der Waals surface area contributed by atoms with E-state index in [4.69, 9.17) is 0 Å². The van der Waals surface area contributed by atoms with E-state index >= 15 is 0 Å².